The van der Waals surface area contributed by atoms with E-state index in [1.54, 1.807) is 0 Å². The van der Waals surface area contributed by atoms with E-state index in [1.807, 2.05) is 97.9 Å². The summed E-state index contributed by atoms with van der Waals surface area (Å²) in [6.07, 6.45) is 0.447. The summed E-state index contributed by atoms with van der Waals surface area (Å²) in [5, 5.41) is 10.2. The van der Waals surface area contributed by atoms with E-state index in [-0.39, 0.29) is 0 Å². The van der Waals surface area contributed by atoms with Crippen LogP contribution in [0, 0.1) is 0 Å². The highest BCUT2D eigenvalue weighted by Gasteiger charge is 2.39. The Morgan fingerprint density at radius 2 is 1.11 bits per heavy atom. The van der Waals surface area contributed by atoms with Crippen LogP contribution in [0.4, 0.5) is 0 Å². The van der Waals surface area contributed by atoms with Gasteiger partial charge in [-0.25, -0.2) is 0 Å². The second-order valence-electron chi connectivity index (χ2n) is 7.07. The van der Waals surface area contributed by atoms with Gasteiger partial charge < -0.3 is 5.11 Å². The maximum Gasteiger partial charge on any atom is 0.324 e. The number of hydrogen-bond acceptors (Lipinski definition) is 2. The summed E-state index contributed by atoms with van der Waals surface area (Å²) < 4.78 is 0. The summed E-state index contributed by atoms with van der Waals surface area (Å²) in [5.74, 6) is -0.807. The van der Waals surface area contributed by atoms with E-state index in [0.29, 0.717) is 19.5 Å². The van der Waals surface area contributed by atoms with Crippen LogP contribution in [0.15, 0.2) is 91.0 Å². The SMILES string of the molecule is C[C@](Cc1ccccc1)(C(=O)O)N(Cc1ccccc1)Cc1ccccc1. The number of carbonyl (C=O) groups is 1. The first-order valence-electron chi connectivity index (χ1n) is 9.18. The van der Waals surface area contributed by atoms with Crippen molar-refractivity contribution in [1.29, 1.82) is 0 Å². The van der Waals surface area contributed by atoms with Gasteiger partial charge in [0.1, 0.15) is 5.54 Å². The molecule has 1 N–H and O–H groups in total. The lowest BCUT2D eigenvalue weighted by atomic mass is 9.89. The second kappa shape index (κ2) is 8.65. The third-order valence-electron chi connectivity index (χ3n) is 4.98. The molecule has 3 aromatic carbocycles. The number of carboxylic acids is 1. The standard InChI is InChI=1S/C24H25NO2/c1-24(23(26)27,17-20-11-5-2-6-12-20)25(18-21-13-7-3-8-14-21)19-22-15-9-4-10-16-22/h2-16H,17-19H2,1H3,(H,26,27)/t24-/m0/s1. The van der Waals surface area contributed by atoms with Crippen molar-refractivity contribution in [2.24, 2.45) is 0 Å². The summed E-state index contributed by atoms with van der Waals surface area (Å²) in [5.41, 5.74) is 2.21. The lowest BCUT2D eigenvalue weighted by molar-refractivity contribution is -0.151. The van der Waals surface area contributed by atoms with Crippen molar-refractivity contribution in [3.8, 4) is 0 Å². The quantitative estimate of drug-likeness (QED) is 0.629. The van der Waals surface area contributed by atoms with Crippen LogP contribution in [0.2, 0.25) is 0 Å². The largest absolute Gasteiger partial charge is 0.480 e. The van der Waals surface area contributed by atoms with Gasteiger partial charge in [-0.05, 0) is 23.6 Å². The summed E-state index contributed by atoms with van der Waals surface area (Å²) >= 11 is 0. The molecule has 0 unspecified atom stereocenters. The molecule has 0 heterocycles. The molecule has 0 spiro atoms. The molecule has 138 valence electrons. The molecule has 27 heavy (non-hydrogen) atoms. The molecule has 3 rings (SSSR count). The number of benzene rings is 3. The summed E-state index contributed by atoms with van der Waals surface area (Å²) in [6, 6.07) is 29.9. The number of aliphatic carboxylic acids is 1. The molecule has 0 aliphatic carbocycles. The van der Waals surface area contributed by atoms with Gasteiger partial charge in [0.05, 0.1) is 0 Å². The fraction of sp³-hybridized carbons (Fsp3) is 0.208. The third kappa shape index (κ3) is 4.83. The average Bonchev–Trinajstić information content (AvgIpc) is 2.69. The Morgan fingerprint density at radius 3 is 1.48 bits per heavy atom. The van der Waals surface area contributed by atoms with Gasteiger partial charge >= 0.3 is 5.97 Å². The maximum absolute atomic E-state index is 12.4. The first kappa shape index (κ1) is 18.9. The average molecular weight is 359 g/mol. The smallest absolute Gasteiger partial charge is 0.324 e. The number of nitrogens with zero attached hydrogens (tertiary/aromatic N) is 1. The highest BCUT2D eigenvalue weighted by Crippen LogP contribution is 2.26. The van der Waals surface area contributed by atoms with Gasteiger partial charge in [0.25, 0.3) is 0 Å². The molecule has 0 fully saturated rings. The van der Waals surface area contributed by atoms with Crippen LogP contribution in [0.3, 0.4) is 0 Å². The Morgan fingerprint density at radius 1 is 0.741 bits per heavy atom. The monoisotopic (exact) mass is 359 g/mol. The molecule has 3 heteroatoms. The van der Waals surface area contributed by atoms with E-state index >= 15 is 0 Å². The second-order valence-corrected chi connectivity index (χ2v) is 7.07. The van der Waals surface area contributed by atoms with Crippen LogP contribution in [0.1, 0.15) is 23.6 Å². The molecule has 0 bridgehead atoms. The first-order chi connectivity index (χ1) is 13.1. The fourth-order valence-corrected chi connectivity index (χ4v) is 3.33. The Labute approximate surface area is 160 Å². The summed E-state index contributed by atoms with van der Waals surface area (Å²) in [7, 11) is 0. The predicted octanol–water partition coefficient (Wildman–Crippen LogP) is 4.77. The van der Waals surface area contributed by atoms with Crippen LogP contribution in [-0.4, -0.2) is 21.5 Å². The normalized spacial score (nSPS) is 13.3. The van der Waals surface area contributed by atoms with Crippen LogP contribution >= 0.6 is 0 Å². The maximum atomic E-state index is 12.4. The molecule has 0 saturated heterocycles. The number of hydrogen-bond donors (Lipinski definition) is 1. The minimum atomic E-state index is -1.02. The third-order valence-corrected chi connectivity index (χ3v) is 4.98. The number of rotatable bonds is 8. The van der Waals surface area contributed by atoms with Crippen molar-refractivity contribution in [3.05, 3.63) is 108 Å². The zero-order valence-electron chi connectivity index (χ0n) is 15.6. The highest BCUT2D eigenvalue weighted by molar-refractivity contribution is 5.78. The van der Waals surface area contributed by atoms with Gasteiger partial charge in [0.2, 0.25) is 0 Å². The zero-order valence-corrected chi connectivity index (χ0v) is 15.6. The molecule has 0 amide bonds. The molecule has 3 nitrogen and oxygen atoms in total. The van der Waals surface area contributed by atoms with Gasteiger partial charge in [0.15, 0.2) is 0 Å². The molecule has 0 aliphatic heterocycles. The van der Waals surface area contributed by atoms with E-state index in [9.17, 15) is 9.90 Å². The van der Waals surface area contributed by atoms with E-state index in [1.165, 1.54) is 0 Å². The fourth-order valence-electron chi connectivity index (χ4n) is 3.33. The highest BCUT2D eigenvalue weighted by atomic mass is 16.4. The zero-order chi connectivity index (χ0) is 19.1. The van der Waals surface area contributed by atoms with Crippen LogP contribution in [0.25, 0.3) is 0 Å². The van der Waals surface area contributed by atoms with Crippen LogP contribution < -0.4 is 0 Å². The Bertz CT molecular complexity index is 808. The van der Waals surface area contributed by atoms with Crippen LogP contribution in [0.5, 0.6) is 0 Å². The predicted molar refractivity (Wildman–Crippen MR) is 108 cm³/mol. The molecule has 3 aromatic rings. The van der Waals surface area contributed by atoms with E-state index in [0.717, 1.165) is 16.7 Å². The van der Waals surface area contributed by atoms with E-state index < -0.39 is 11.5 Å². The Balaban J connectivity index is 1.95. The topological polar surface area (TPSA) is 40.5 Å². The Kier molecular flexibility index (Phi) is 6.05. The van der Waals surface area contributed by atoms with Crippen molar-refractivity contribution >= 4 is 5.97 Å². The van der Waals surface area contributed by atoms with Gasteiger partial charge in [0, 0.05) is 19.5 Å². The van der Waals surface area contributed by atoms with Crippen molar-refractivity contribution < 1.29 is 9.90 Å². The minimum Gasteiger partial charge on any atom is -0.480 e. The summed E-state index contributed by atoms with van der Waals surface area (Å²) in [4.78, 5) is 14.5. The minimum absolute atomic E-state index is 0.447. The van der Waals surface area contributed by atoms with Gasteiger partial charge in [-0.1, -0.05) is 91.0 Å². The van der Waals surface area contributed by atoms with Crippen molar-refractivity contribution in [3.63, 3.8) is 0 Å². The van der Waals surface area contributed by atoms with Gasteiger partial charge in [-0.2, -0.15) is 0 Å². The van der Waals surface area contributed by atoms with Crippen molar-refractivity contribution in [1.82, 2.24) is 4.90 Å². The van der Waals surface area contributed by atoms with Gasteiger partial charge in [-0.15, -0.1) is 0 Å². The Hall–Kier alpha value is -2.91. The van der Waals surface area contributed by atoms with Crippen LogP contribution in [-0.2, 0) is 24.3 Å². The summed E-state index contributed by atoms with van der Waals surface area (Å²) in [6.45, 7) is 2.98. The lowest BCUT2D eigenvalue weighted by Crippen LogP contribution is -2.53. The molecule has 1 atom stereocenters. The molecule has 0 saturated carbocycles. The lowest BCUT2D eigenvalue weighted by Gasteiger charge is -2.38. The molecular formula is C24H25NO2. The number of carboxylic acid groups (broad SMARTS) is 1. The molecular weight excluding hydrogens is 334 g/mol. The molecule has 0 radical (unpaired) electrons. The van der Waals surface area contributed by atoms with Crippen molar-refractivity contribution in [2.45, 2.75) is 32.0 Å². The van der Waals surface area contributed by atoms with Gasteiger partial charge in [-0.3, -0.25) is 9.69 Å². The first-order valence-corrected chi connectivity index (χ1v) is 9.18. The van der Waals surface area contributed by atoms with Crippen molar-refractivity contribution in [2.75, 3.05) is 0 Å². The van der Waals surface area contributed by atoms with E-state index in [2.05, 4.69) is 4.90 Å². The van der Waals surface area contributed by atoms with E-state index in [4.69, 9.17) is 0 Å². The molecule has 0 aliphatic rings. The molecule has 0 aromatic heterocycles.